The second-order valence-corrected chi connectivity index (χ2v) is 4.25. The third kappa shape index (κ3) is 2.20. The van der Waals surface area contributed by atoms with Gasteiger partial charge in [0.05, 0.1) is 17.7 Å². The van der Waals surface area contributed by atoms with Crippen molar-refractivity contribution in [3.63, 3.8) is 0 Å². The van der Waals surface area contributed by atoms with Crippen LogP contribution in [0, 0.1) is 13.8 Å². The van der Waals surface area contributed by atoms with Crippen molar-refractivity contribution in [1.82, 2.24) is 9.78 Å². The van der Waals surface area contributed by atoms with E-state index in [1.807, 2.05) is 31.2 Å². The third-order valence-corrected chi connectivity index (χ3v) is 2.85. The molecule has 94 valence electrons. The van der Waals surface area contributed by atoms with Gasteiger partial charge in [-0.1, -0.05) is 12.1 Å². The normalized spacial score (nSPS) is 10.6. The van der Waals surface area contributed by atoms with Gasteiger partial charge in [0, 0.05) is 5.69 Å². The van der Waals surface area contributed by atoms with Gasteiger partial charge in [-0.15, -0.1) is 0 Å². The second-order valence-electron chi connectivity index (χ2n) is 4.25. The highest BCUT2D eigenvalue weighted by molar-refractivity contribution is 5.70. The summed E-state index contributed by atoms with van der Waals surface area (Å²) in [7, 11) is 0. The lowest BCUT2D eigenvalue weighted by atomic mass is 10.2. The summed E-state index contributed by atoms with van der Waals surface area (Å²) in [6, 6.07) is 7.63. The Hall–Kier alpha value is -2.30. The maximum Gasteiger partial charge on any atom is 0.308 e. The number of aliphatic carboxylic acids is 1. The molecule has 5 nitrogen and oxygen atoms in total. The highest BCUT2D eigenvalue weighted by Crippen LogP contribution is 2.13. The first-order valence-corrected chi connectivity index (χ1v) is 5.58. The maximum atomic E-state index is 11.7. The van der Waals surface area contributed by atoms with E-state index in [9.17, 15) is 9.59 Å². The largest absolute Gasteiger partial charge is 0.481 e. The fourth-order valence-electron chi connectivity index (χ4n) is 1.94. The fourth-order valence-corrected chi connectivity index (χ4v) is 1.94. The Morgan fingerprint density at radius 1 is 1.39 bits per heavy atom. The van der Waals surface area contributed by atoms with Crippen LogP contribution in [0.4, 0.5) is 0 Å². The molecule has 0 amide bonds. The molecule has 0 radical (unpaired) electrons. The standard InChI is InChI=1S/C13H14N2O3/c1-8-4-3-5-10(6-8)15-9(2)11(7-12(16)17)13(18)14-15/h3-6H,7H2,1-2H3,(H,14,18)(H,16,17). The minimum atomic E-state index is -1.01. The lowest BCUT2D eigenvalue weighted by molar-refractivity contribution is -0.136. The van der Waals surface area contributed by atoms with Gasteiger partial charge in [0.15, 0.2) is 0 Å². The topological polar surface area (TPSA) is 75.1 Å². The summed E-state index contributed by atoms with van der Waals surface area (Å²) < 4.78 is 1.62. The summed E-state index contributed by atoms with van der Waals surface area (Å²) >= 11 is 0. The molecule has 18 heavy (non-hydrogen) atoms. The first-order valence-electron chi connectivity index (χ1n) is 5.58. The van der Waals surface area contributed by atoms with E-state index in [1.54, 1.807) is 11.6 Å². The first kappa shape index (κ1) is 12.2. The highest BCUT2D eigenvalue weighted by atomic mass is 16.4. The van der Waals surface area contributed by atoms with Crippen LogP contribution in [0.1, 0.15) is 16.8 Å². The molecule has 0 unspecified atom stereocenters. The molecule has 0 spiro atoms. The summed E-state index contributed by atoms with van der Waals surface area (Å²) in [5, 5.41) is 11.4. The van der Waals surface area contributed by atoms with Gasteiger partial charge in [-0.25, -0.2) is 0 Å². The molecule has 0 aliphatic rings. The van der Waals surface area contributed by atoms with Crippen molar-refractivity contribution in [3.05, 3.63) is 51.4 Å². The molecule has 1 heterocycles. The van der Waals surface area contributed by atoms with Gasteiger partial charge >= 0.3 is 5.97 Å². The molecule has 0 aliphatic carbocycles. The van der Waals surface area contributed by atoms with E-state index in [4.69, 9.17) is 5.11 Å². The van der Waals surface area contributed by atoms with Crippen molar-refractivity contribution in [3.8, 4) is 5.69 Å². The maximum absolute atomic E-state index is 11.7. The molecular formula is C13H14N2O3. The molecule has 2 N–H and O–H groups in total. The van der Waals surface area contributed by atoms with Gasteiger partial charge in [-0.2, -0.15) is 0 Å². The van der Waals surface area contributed by atoms with Crippen molar-refractivity contribution in [2.75, 3.05) is 0 Å². The molecule has 2 aromatic rings. The predicted octanol–water partition coefficient (Wildman–Crippen LogP) is 1.41. The Morgan fingerprint density at radius 3 is 2.72 bits per heavy atom. The van der Waals surface area contributed by atoms with E-state index >= 15 is 0 Å². The molecule has 0 bridgehead atoms. The minimum absolute atomic E-state index is 0.264. The average molecular weight is 246 g/mol. The lowest BCUT2D eigenvalue weighted by Gasteiger charge is -2.06. The Labute approximate surface area is 104 Å². The molecule has 0 saturated heterocycles. The van der Waals surface area contributed by atoms with Gasteiger partial charge in [0.1, 0.15) is 0 Å². The van der Waals surface area contributed by atoms with E-state index in [-0.39, 0.29) is 12.0 Å². The monoisotopic (exact) mass is 246 g/mol. The molecule has 2 rings (SSSR count). The fraction of sp³-hybridized carbons (Fsp3) is 0.231. The van der Waals surface area contributed by atoms with E-state index in [2.05, 4.69) is 5.10 Å². The number of nitrogens with one attached hydrogen (secondary N) is 1. The van der Waals surface area contributed by atoms with Gasteiger partial charge in [-0.3, -0.25) is 19.4 Å². The van der Waals surface area contributed by atoms with Crippen LogP contribution in [-0.4, -0.2) is 20.9 Å². The first-order chi connectivity index (χ1) is 8.49. The van der Waals surface area contributed by atoms with Crippen LogP contribution in [0.25, 0.3) is 5.69 Å². The summed E-state index contributed by atoms with van der Waals surface area (Å²) in [6.07, 6.45) is -0.264. The summed E-state index contributed by atoms with van der Waals surface area (Å²) in [6.45, 7) is 3.69. The Kier molecular flexibility index (Phi) is 3.06. The number of aryl methyl sites for hydroxylation is 1. The highest BCUT2D eigenvalue weighted by Gasteiger charge is 2.14. The Balaban J connectivity index is 2.54. The van der Waals surface area contributed by atoms with Crippen LogP contribution in [0.5, 0.6) is 0 Å². The van der Waals surface area contributed by atoms with Crippen LogP contribution in [0.15, 0.2) is 29.1 Å². The zero-order valence-corrected chi connectivity index (χ0v) is 10.2. The van der Waals surface area contributed by atoms with Crippen LogP contribution in [0.2, 0.25) is 0 Å². The Morgan fingerprint density at radius 2 is 2.11 bits per heavy atom. The van der Waals surface area contributed by atoms with E-state index in [1.165, 1.54) is 0 Å². The van der Waals surface area contributed by atoms with Crippen LogP contribution in [0.3, 0.4) is 0 Å². The summed E-state index contributed by atoms with van der Waals surface area (Å²) in [5.41, 5.74) is 2.47. The van der Waals surface area contributed by atoms with E-state index in [0.717, 1.165) is 11.3 Å². The number of hydrogen-bond acceptors (Lipinski definition) is 2. The molecule has 0 aliphatic heterocycles. The van der Waals surface area contributed by atoms with Crippen molar-refractivity contribution < 1.29 is 9.90 Å². The van der Waals surface area contributed by atoms with Gasteiger partial charge in [-0.05, 0) is 31.5 Å². The zero-order valence-electron chi connectivity index (χ0n) is 10.2. The predicted molar refractivity (Wildman–Crippen MR) is 67.2 cm³/mol. The number of carboxylic acid groups (broad SMARTS) is 1. The number of carboxylic acids is 1. The molecule has 0 atom stereocenters. The second kappa shape index (κ2) is 4.52. The quantitative estimate of drug-likeness (QED) is 0.859. The van der Waals surface area contributed by atoms with Gasteiger partial charge in [0.25, 0.3) is 5.56 Å². The minimum Gasteiger partial charge on any atom is -0.481 e. The van der Waals surface area contributed by atoms with Gasteiger partial charge < -0.3 is 5.11 Å². The Bertz CT molecular complexity index is 652. The molecule has 5 heteroatoms. The molecule has 0 saturated carbocycles. The molecule has 1 aromatic heterocycles. The third-order valence-electron chi connectivity index (χ3n) is 2.85. The smallest absolute Gasteiger partial charge is 0.308 e. The number of H-pyrrole nitrogens is 1. The number of carbonyl (C=O) groups is 1. The van der Waals surface area contributed by atoms with Crippen molar-refractivity contribution in [2.24, 2.45) is 0 Å². The van der Waals surface area contributed by atoms with E-state index in [0.29, 0.717) is 11.3 Å². The van der Waals surface area contributed by atoms with Crippen molar-refractivity contribution in [1.29, 1.82) is 0 Å². The number of aromatic amines is 1. The zero-order chi connectivity index (χ0) is 13.3. The number of hydrogen-bond donors (Lipinski definition) is 2. The molecule has 1 aromatic carbocycles. The summed E-state index contributed by atoms with van der Waals surface area (Å²) in [4.78, 5) is 22.4. The SMILES string of the molecule is Cc1cccc(-n2[nH]c(=O)c(CC(=O)O)c2C)c1. The summed E-state index contributed by atoms with van der Waals surface area (Å²) in [5.74, 6) is -1.01. The van der Waals surface area contributed by atoms with Crippen LogP contribution < -0.4 is 5.56 Å². The van der Waals surface area contributed by atoms with E-state index < -0.39 is 5.97 Å². The van der Waals surface area contributed by atoms with Gasteiger partial charge in [0.2, 0.25) is 0 Å². The van der Waals surface area contributed by atoms with Crippen molar-refractivity contribution >= 4 is 5.97 Å². The number of rotatable bonds is 3. The molecule has 0 fully saturated rings. The average Bonchev–Trinajstić information content (AvgIpc) is 2.56. The van der Waals surface area contributed by atoms with Crippen molar-refractivity contribution in [2.45, 2.75) is 20.3 Å². The number of aromatic nitrogens is 2. The molecular weight excluding hydrogens is 232 g/mol. The van der Waals surface area contributed by atoms with Crippen LogP contribution in [-0.2, 0) is 11.2 Å². The lowest BCUT2D eigenvalue weighted by Crippen LogP contribution is -2.11. The van der Waals surface area contributed by atoms with Crippen LogP contribution >= 0.6 is 0 Å². The number of benzene rings is 1. The number of nitrogens with zero attached hydrogens (tertiary/aromatic N) is 1.